The summed E-state index contributed by atoms with van der Waals surface area (Å²) in [6.07, 6.45) is 2.07. The van der Waals surface area contributed by atoms with E-state index >= 15 is 0 Å². The van der Waals surface area contributed by atoms with Crippen molar-refractivity contribution in [2.24, 2.45) is 0 Å². The Bertz CT molecular complexity index is 534. The van der Waals surface area contributed by atoms with E-state index in [0.717, 1.165) is 0 Å². The number of hydrogen-bond acceptors (Lipinski definition) is 5. The smallest absolute Gasteiger partial charge is 0.238 e. The predicted octanol–water partition coefficient (Wildman–Crippen LogP) is 2.25. The highest BCUT2D eigenvalue weighted by molar-refractivity contribution is 6.30. The molecule has 1 atom stereocenters. The number of rotatable bonds is 5. The Morgan fingerprint density at radius 1 is 1.21 bits per heavy atom. The van der Waals surface area contributed by atoms with Crippen LogP contribution in [0.4, 0.5) is 0 Å². The lowest BCUT2D eigenvalue weighted by Gasteiger charge is -2.13. The van der Waals surface area contributed by atoms with E-state index < -0.39 is 6.10 Å². The standard InChI is InChI=1S/C13H13ClN2O3/c1-18-13-12(15-6-7-16-13)11(17)8-19-10-4-2-9(14)3-5-10/h2-7,11,17H,8H2,1H3. The number of hydrogen-bond donors (Lipinski definition) is 1. The lowest BCUT2D eigenvalue weighted by molar-refractivity contribution is 0.101. The topological polar surface area (TPSA) is 64.5 Å². The van der Waals surface area contributed by atoms with Crippen LogP contribution in [-0.4, -0.2) is 28.8 Å². The van der Waals surface area contributed by atoms with Gasteiger partial charge in [-0.1, -0.05) is 11.6 Å². The second-order valence-corrected chi connectivity index (χ2v) is 4.17. The summed E-state index contributed by atoms with van der Waals surface area (Å²) in [6, 6.07) is 6.88. The van der Waals surface area contributed by atoms with Gasteiger partial charge >= 0.3 is 0 Å². The van der Waals surface area contributed by atoms with Gasteiger partial charge in [-0.05, 0) is 24.3 Å². The Hall–Kier alpha value is -1.85. The van der Waals surface area contributed by atoms with Crippen LogP contribution in [0.3, 0.4) is 0 Å². The van der Waals surface area contributed by atoms with Crippen molar-refractivity contribution in [2.45, 2.75) is 6.10 Å². The third kappa shape index (κ3) is 3.56. The highest BCUT2D eigenvalue weighted by Crippen LogP contribution is 2.21. The van der Waals surface area contributed by atoms with Gasteiger partial charge in [0.15, 0.2) is 0 Å². The SMILES string of the molecule is COc1nccnc1C(O)COc1ccc(Cl)cc1. The molecule has 100 valence electrons. The number of methoxy groups -OCH3 is 1. The Morgan fingerprint density at radius 2 is 1.89 bits per heavy atom. The average Bonchev–Trinajstić information content (AvgIpc) is 2.46. The molecule has 1 aromatic heterocycles. The first-order chi connectivity index (χ1) is 9.20. The van der Waals surface area contributed by atoms with Crippen molar-refractivity contribution in [1.82, 2.24) is 9.97 Å². The molecule has 19 heavy (non-hydrogen) atoms. The van der Waals surface area contributed by atoms with E-state index in [1.54, 1.807) is 24.3 Å². The summed E-state index contributed by atoms with van der Waals surface area (Å²) >= 11 is 5.77. The first kappa shape index (κ1) is 13.6. The number of ether oxygens (including phenoxy) is 2. The van der Waals surface area contributed by atoms with Crippen LogP contribution < -0.4 is 9.47 Å². The van der Waals surface area contributed by atoms with Gasteiger partial charge < -0.3 is 14.6 Å². The van der Waals surface area contributed by atoms with E-state index in [0.29, 0.717) is 16.5 Å². The van der Waals surface area contributed by atoms with Crippen LogP contribution in [0.2, 0.25) is 5.02 Å². The van der Waals surface area contributed by atoms with Crippen LogP contribution in [0.5, 0.6) is 11.6 Å². The largest absolute Gasteiger partial charge is 0.490 e. The fourth-order valence-electron chi connectivity index (χ4n) is 1.51. The van der Waals surface area contributed by atoms with E-state index in [2.05, 4.69) is 9.97 Å². The molecule has 0 amide bonds. The molecule has 1 aromatic carbocycles. The van der Waals surface area contributed by atoms with E-state index in [1.807, 2.05) is 0 Å². The molecule has 1 N–H and O–H groups in total. The van der Waals surface area contributed by atoms with Crippen molar-refractivity contribution < 1.29 is 14.6 Å². The van der Waals surface area contributed by atoms with Gasteiger partial charge in [-0.15, -0.1) is 0 Å². The highest BCUT2D eigenvalue weighted by atomic mass is 35.5. The zero-order valence-electron chi connectivity index (χ0n) is 10.3. The number of nitrogens with zero attached hydrogens (tertiary/aromatic N) is 2. The molecule has 0 fully saturated rings. The Balaban J connectivity index is 2.01. The Labute approximate surface area is 115 Å². The Kier molecular flexibility index (Phi) is 4.54. The van der Waals surface area contributed by atoms with Crippen LogP contribution in [-0.2, 0) is 0 Å². The van der Waals surface area contributed by atoms with Crippen molar-refractivity contribution in [3.8, 4) is 11.6 Å². The fraction of sp³-hybridized carbons (Fsp3) is 0.231. The number of halogens is 1. The van der Waals surface area contributed by atoms with Gasteiger partial charge in [0.1, 0.15) is 24.2 Å². The lowest BCUT2D eigenvalue weighted by Crippen LogP contribution is -2.13. The van der Waals surface area contributed by atoms with Gasteiger partial charge in [-0.2, -0.15) is 0 Å². The van der Waals surface area contributed by atoms with Crippen molar-refractivity contribution in [1.29, 1.82) is 0 Å². The van der Waals surface area contributed by atoms with E-state index in [1.165, 1.54) is 19.5 Å². The summed E-state index contributed by atoms with van der Waals surface area (Å²) in [5, 5.41) is 10.6. The monoisotopic (exact) mass is 280 g/mol. The molecule has 5 nitrogen and oxygen atoms in total. The Morgan fingerprint density at radius 3 is 2.58 bits per heavy atom. The molecule has 0 aliphatic carbocycles. The molecule has 6 heteroatoms. The summed E-state index contributed by atoms with van der Waals surface area (Å²) in [4.78, 5) is 8.00. The minimum atomic E-state index is -0.917. The van der Waals surface area contributed by atoms with Crippen LogP contribution in [0.25, 0.3) is 0 Å². The summed E-state index contributed by atoms with van der Waals surface area (Å²) in [7, 11) is 1.47. The highest BCUT2D eigenvalue weighted by Gasteiger charge is 2.16. The maximum absolute atomic E-state index is 10.0. The van der Waals surface area contributed by atoms with Crippen molar-refractivity contribution >= 4 is 11.6 Å². The molecule has 0 radical (unpaired) electrons. The molecular formula is C13H13ClN2O3. The lowest BCUT2D eigenvalue weighted by atomic mass is 10.2. The van der Waals surface area contributed by atoms with Gasteiger partial charge in [0.2, 0.25) is 5.88 Å². The summed E-state index contributed by atoms with van der Waals surface area (Å²) in [6.45, 7) is 0.0523. The third-order valence-corrected chi connectivity index (χ3v) is 2.67. The molecule has 0 aliphatic rings. The minimum absolute atomic E-state index is 0.0523. The van der Waals surface area contributed by atoms with Crippen LogP contribution in [0.15, 0.2) is 36.7 Å². The number of aromatic nitrogens is 2. The summed E-state index contributed by atoms with van der Waals surface area (Å²) in [5.74, 6) is 0.904. The molecule has 0 saturated heterocycles. The zero-order chi connectivity index (χ0) is 13.7. The molecule has 0 bridgehead atoms. The van der Waals surface area contributed by atoms with Gasteiger partial charge in [0.25, 0.3) is 0 Å². The zero-order valence-corrected chi connectivity index (χ0v) is 11.0. The maximum Gasteiger partial charge on any atom is 0.238 e. The van der Waals surface area contributed by atoms with Crippen molar-refractivity contribution in [3.05, 3.63) is 47.4 Å². The molecule has 0 saturated carbocycles. The third-order valence-electron chi connectivity index (χ3n) is 2.42. The van der Waals surface area contributed by atoms with E-state index in [9.17, 15) is 5.11 Å². The molecule has 2 aromatic rings. The summed E-state index contributed by atoms with van der Waals surface area (Å²) in [5.41, 5.74) is 0.346. The van der Waals surface area contributed by atoms with Gasteiger partial charge in [0, 0.05) is 17.4 Å². The maximum atomic E-state index is 10.0. The van der Waals surface area contributed by atoms with Crippen molar-refractivity contribution in [3.63, 3.8) is 0 Å². The molecular weight excluding hydrogens is 268 g/mol. The molecule has 2 rings (SSSR count). The van der Waals surface area contributed by atoms with Crippen molar-refractivity contribution in [2.75, 3.05) is 13.7 Å². The van der Waals surface area contributed by atoms with Gasteiger partial charge in [-0.25, -0.2) is 4.98 Å². The molecule has 0 spiro atoms. The predicted molar refractivity (Wildman–Crippen MR) is 70.5 cm³/mol. The number of benzene rings is 1. The quantitative estimate of drug-likeness (QED) is 0.910. The second kappa shape index (κ2) is 6.36. The average molecular weight is 281 g/mol. The van der Waals surface area contributed by atoms with E-state index in [-0.39, 0.29) is 12.5 Å². The van der Waals surface area contributed by atoms with Gasteiger partial charge in [0.05, 0.1) is 7.11 Å². The molecule has 1 heterocycles. The van der Waals surface area contributed by atoms with E-state index in [4.69, 9.17) is 21.1 Å². The van der Waals surface area contributed by atoms with Crippen LogP contribution in [0, 0.1) is 0 Å². The summed E-state index contributed by atoms with van der Waals surface area (Å²) < 4.78 is 10.5. The molecule has 1 unspecified atom stereocenters. The first-order valence-electron chi connectivity index (χ1n) is 5.62. The number of aliphatic hydroxyl groups is 1. The number of aliphatic hydroxyl groups excluding tert-OH is 1. The normalized spacial score (nSPS) is 11.9. The second-order valence-electron chi connectivity index (χ2n) is 3.73. The minimum Gasteiger partial charge on any atom is -0.490 e. The van der Waals surface area contributed by atoms with Gasteiger partial charge in [-0.3, -0.25) is 4.98 Å². The van der Waals surface area contributed by atoms with Crippen LogP contribution in [0.1, 0.15) is 11.8 Å². The van der Waals surface area contributed by atoms with Crippen LogP contribution >= 0.6 is 11.6 Å². The molecule has 0 aliphatic heterocycles. The first-order valence-corrected chi connectivity index (χ1v) is 6.00. The fourth-order valence-corrected chi connectivity index (χ4v) is 1.63.